The molecule has 0 amide bonds. The zero-order chi connectivity index (χ0) is 8.10. The van der Waals surface area contributed by atoms with Crippen LogP contribution in [0.3, 0.4) is 0 Å². The van der Waals surface area contributed by atoms with Crippen LogP contribution in [0.4, 0.5) is 4.39 Å². The lowest BCUT2D eigenvalue weighted by atomic mass is 10.3. The van der Waals surface area contributed by atoms with E-state index in [1.807, 2.05) is 0 Å². The molecule has 0 aliphatic heterocycles. The predicted octanol–water partition coefficient (Wildman–Crippen LogP) is -0.00140. The third kappa shape index (κ3) is 2.63. The Morgan fingerprint density at radius 1 is 1.64 bits per heavy atom. The van der Waals surface area contributed by atoms with Gasteiger partial charge in [0.1, 0.15) is 6.17 Å². The third-order valence-corrected chi connectivity index (χ3v) is 1.34. The van der Waals surface area contributed by atoms with Crippen molar-refractivity contribution in [3.05, 3.63) is 12.4 Å². The molecule has 0 aliphatic rings. The van der Waals surface area contributed by atoms with E-state index < -0.39 is 12.8 Å². The fraction of sp³-hybridized carbons (Fsp3) is 0.667. The van der Waals surface area contributed by atoms with Gasteiger partial charge in [-0.3, -0.25) is 4.68 Å². The lowest BCUT2D eigenvalue weighted by molar-refractivity contribution is 0.164. The molecule has 62 valence electrons. The van der Waals surface area contributed by atoms with Crippen LogP contribution in [-0.2, 0) is 6.54 Å². The van der Waals surface area contributed by atoms with E-state index in [0.717, 1.165) is 0 Å². The van der Waals surface area contributed by atoms with E-state index in [9.17, 15) is 4.39 Å². The topological polar surface area (TPSA) is 50.9 Å². The third-order valence-electron chi connectivity index (χ3n) is 1.34. The Labute approximate surface area is 63.6 Å². The number of rotatable bonds is 4. The van der Waals surface area contributed by atoms with Crippen LogP contribution in [0.25, 0.3) is 0 Å². The van der Waals surface area contributed by atoms with Crippen LogP contribution in [0, 0.1) is 0 Å². The normalized spacial score (nSPS) is 13.3. The lowest BCUT2D eigenvalue weighted by Gasteiger charge is -2.02. The molecular weight excluding hydrogens is 149 g/mol. The second kappa shape index (κ2) is 4.02. The highest BCUT2D eigenvalue weighted by Gasteiger charge is 2.03. The fourth-order valence-electron chi connectivity index (χ4n) is 0.716. The monoisotopic (exact) mass is 159 g/mol. The summed E-state index contributed by atoms with van der Waals surface area (Å²) in [5.41, 5.74) is 0. The summed E-state index contributed by atoms with van der Waals surface area (Å²) in [5.74, 6) is 0. The van der Waals surface area contributed by atoms with E-state index in [-0.39, 0.29) is 6.42 Å². The molecule has 5 heteroatoms. The molecule has 1 N–H and O–H groups in total. The van der Waals surface area contributed by atoms with Gasteiger partial charge in [-0.1, -0.05) is 5.21 Å². The minimum Gasteiger partial charge on any atom is -0.393 e. The molecule has 1 heterocycles. The molecule has 1 aromatic rings. The molecule has 0 saturated heterocycles. The summed E-state index contributed by atoms with van der Waals surface area (Å²) in [6.45, 7) is 0.0381. The molecular formula is C6H10FN3O. The van der Waals surface area contributed by atoms with Crippen LogP contribution in [0.15, 0.2) is 12.4 Å². The van der Waals surface area contributed by atoms with Crippen molar-refractivity contribution in [3.8, 4) is 0 Å². The average Bonchev–Trinajstić information content (AvgIpc) is 2.52. The van der Waals surface area contributed by atoms with E-state index in [2.05, 4.69) is 10.3 Å². The maximum Gasteiger partial charge on any atom is 0.125 e. The molecule has 0 fully saturated rings. The summed E-state index contributed by atoms with van der Waals surface area (Å²) >= 11 is 0. The van der Waals surface area contributed by atoms with Crippen LogP contribution >= 0.6 is 0 Å². The molecule has 0 spiro atoms. The Hall–Kier alpha value is -0.970. The fourth-order valence-corrected chi connectivity index (χ4v) is 0.716. The van der Waals surface area contributed by atoms with Crippen LogP contribution in [0.2, 0.25) is 0 Å². The Bertz CT molecular complexity index is 190. The van der Waals surface area contributed by atoms with Crippen molar-refractivity contribution in [2.24, 2.45) is 0 Å². The minimum absolute atomic E-state index is 0.278. The number of aliphatic hydroxyl groups is 1. The number of aliphatic hydroxyl groups excluding tert-OH is 1. The number of halogens is 1. The number of hydrogen-bond donors (Lipinski definition) is 1. The van der Waals surface area contributed by atoms with E-state index in [1.165, 1.54) is 10.9 Å². The number of alkyl halides is 1. The van der Waals surface area contributed by atoms with Gasteiger partial charge in [-0.15, -0.1) is 5.10 Å². The first-order chi connectivity index (χ1) is 5.33. The summed E-state index contributed by atoms with van der Waals surface area (Å²) in [7, 11) is 0. The molecule has 0 aliphatic carbocycles. The quantitative estimate of drug-likeness (QED) is 0.672. The van der Waals surface area contributed by atoms with Crippen LogP contribution in [0.5, 0.6) is 0 Å². The smallest absolute Gasteiger partial charge is 0.125 e. The summed E-state index contributed by atoms with van der Waals surface area (Å²) < 4.78 is 13.9. The van der Waals surface area contributed by atoms with Crippen molar-refractivity contribution >= 4 is 0 Å². The number of hydrogen-bond acceptors (Lipinski definition) is 3. The molecule has 1 aromatic heterocycles. The van der Waals surface area contributed by atoms with Gasteiger partial charge >= 0.3 is 0 Å². The van der Waals surface area contributed by atoms with E-state index >= 15 is 0 Å². The molecule has 0 radical (unpaired) electrons. The average molecular weight is 159 g/mol. The molecule has 1 atom stereocenters. The Kier molecular flexibility index (Phi) is 2.97. The standard InChI is InChI=1S/C6H10FN3O/c7-6(5-11)1-3-10-4-2-8-9-10/h2,4,6,11H,1,3,5H2/t6-/m0/s1. The van der Waals surface area contributed by atoms with Crippen LogP contribution < -0.4 is 0 Å². The van der Waals surface area contributed by atoms with Gasteiger partial charge in [-0.05, 0) is 0 Å². The summed E-state index contributed by atoms with van der Waals surface area (Å²) in [4.78, 5) is 0. The van der Waals surface area contributed by atoms with Gasteiger partial charge in [-0.2, -0.15) is 0 Å². The lowest BCUT2D eigenvalue weighted by Crippen LogP contribution is -2.10. The molecule has 4 nitrogen and oxygen atoms in total. The Morgan fingerprint density at radius 2 is 2.45 bits per heavy atom. The number of aromatic nitrogens is 3. The van der Waals surface area contributed by atoms with Gasteiger partial charge in [0, 0.05) is 19.2 Å². The minimum atomic E-state index is -1.15. The predicted molar refractivity (Wildman–Crippen MR) is 36.6 cm³/mol. The highest BCUT2D eigenvalue weighted by atomic mass is 19.1. The van der Waals surface area contributed by atoms with Crippen molar-refractivity contribution in [2.45, 2.75) is 19.1 Å². The molecule has 0 bridgehead atoms. The molecule has 0 unspecified atom stereocenters. The number of aryl methyl sites for hydroxylation is 1. The molecule has 0 aromatic carbocycles. The SMILES string of the molecule is OC[C@@H](F)CCn1ccnn1. The zero-order valence-corrected chi connectivity index (χ0v) is 6.02. The largest absolute Gasteiger partial charge is 0.393 e. The summed E-state index contributed by atoms with van der Waals surface area (Å²) in [5, 5.41) is 15.5. The summed E-state index contributed by atoms with van der Waals surface area (Å²) in [6.07, 6.45) is 2.31. The molecule has 1 rings (SSSR count). The maximum absolute atomic E-state index is 12.4. The first-order valence-corrected chi connectivity index (χ1v) is 3.42. The van der Waals surface area contributed by atoms with Gasteiger partial charge in [-0.25, -0.2) is 4.39 Å². The van der Waals surface area contributed by atoms with E-state index in [1.54, 1.807) is 6.20 Å². The van der Waals surface area contributed by atoms with Gasteiger partial charge in [0.15, 0.2) is 0 Å². The van der Waals surface area contributed by atoms with Crippen LogP contribution in [-0.4, -0.2) is 32.9 Å². The van der Waals surface area contributed by atoms with Gasteiger partial charge in [0.2, 0.25) is 0 Å². The van der Waals surface area contributed by atoms with Gasteiger partial charge in [0.25, 0.3) is 0 Å². The van der Waals surface area contributed by atoms with Crippen molar-refractivity contribution in [3.63, 3.8) is 0 Å². The first kappa shape index (κ1) is 8.13. The highest BCUT2D eigenvalue weighted by Crippen LogP contribution is 1.97. The first-order valence-electron chi connectivity index (χ1n) is 3.42. The van der Waals surface area contributed by atoms with Crippen molar-refractivity contribution in [1.29, 1.82) is 0 Å². The molecule has 0 saturated carbocycles. The number of nitrogens with zero attached hydrogens (tertiary/aromatic N) is 3. The second-order valence-electron chi connectivity index (χ2n) is 2.23. The Morgan fingerprint density at radius 3 is 3.00 bits per heavy atom. The van der Waals surface area contributed by atoms with Crippen molar-refractivity contribution in [1.82, 2.24) is 15.0 Å². The molecule has 11 heavy (non-hydrogen) atoms. The Balaban J connectivity index is 2.23. The van der Waals surface area contributed by atoms with Gasteiger partial charge < -0.3 is 5.11 Å². The van der Waals surface area contributed by atoms with E-state index in [4.69, 9.17) is 5.11 Å². The maximum atomic E-state index is 12.4. The highest BCUT2D eigenvalue weighted by molar-refractivity contribution is 4.64. The van der Waals surface area contributed by atoms with Crippen molar-refractivity contribution < 1.29 is 9.50 Å². The van der Waals surface area contributed by atoms with Crippen LogP contribution in [0.1, 0.15) is 6.42 Å². The zero-order valence-electron chi connectivity index (χ0n) is 6.02. The second-order valence-corrected chi connectivity index (χ2v) is 2.23. The van der Waals surface area contributed by atoms with E-state index in [0.29, 0.717) is 6.54 Å². The van der Waals surface area contributed by atoms with Crippen molar-refractivity contribution in [2.75, 3.05) is 6.61 Å². The summed E-state index contributed by atoms with van der Waals surface area (Å²) in [6, 6.07) is 0. The van der Waals surface area contributed by atoms with Gasteiger partial charge in [0.05, 0.1) is 12.8 Å².